The smallest absolute Gasteiger partial charge is 0.124 e. The van der Waals surface area contributed by atoms with E-state index in [9.17, 15) is 5.11 Å². The Labute approximate surface area is 115 Å². The molecule has 96 valence electrons. The molecule has 0 aliphatic rings. The zero-order chi connectivity index (χ0) is 13.1. The molecule has 0 saturated carbocycles. The van der Waals surface area contributed by atoms with E-state index < -0.39 is 6.10 Å². The van der Waals surface area contributed by atoms with Gasteiger partial charge >= 0.3 is 0 Å². The van der Waals surface area contributed by atoms with Crippen LogP contribution >= 0.6 is 15.9 Å². The normalized spacial score (nSPS) is 12.6. The maximum atomic E-state index is 10.5. The quantitative estimate of drug-likeness (QED) is 0.854. The fourth-order valence-corrected chi connectivity index (χ4v) is 2.45. The molecule has 0 radical (unpaired) electrons. The second kappa shape index (κ2) is 5.54. The number of benzene rings is 1. The third-order valence-electron chi connectivity index (χ3n) is 2.82. The van der Waals surface area contributed by atoms with Crippen molar-refractivity contribution in [2.75, 3.05) is 5.73 Å². The highest BCUT2D eigenvalue weighted by atomic mass is 79.9. The number of para-hydroxylation sites is 1. The second-order valence-corrected chi connectivity index (χ2v) is 4.99. The molecule has 5 heteroatoms. The lowest BCUT2D eigenvalue weighted by Crippen LogP contribution is -2.12. The zero-order valence-electron chi connectivity index (χ0n) is 10.2. The van der Waals surface area contributed by atoms with E-state index in [-0.39, 0.29) is 0 Å². The number of aliphatic hydroxyl groups is 1. The van der Waals surface area contributed by atoms with Gasteiger partial charge in [0.15, 0.2) is 0 Å². The van der Waals surface area contributed by atoms with Gasteiger partial charge in [0, 0.05) is 17.8 Å². The number of nitrogen functional groups attached to an aromatic ring is 1. The monoisotopic (exact) mass is 309 g/mol. The van der Waals surface area contributed by atoms with Crippen LogP contribution in [-0.2, 0) is 6.54 Å². The maximum absolute atomic E-state index is 10.5. The summed E-state index contributed by atoms with van der Waals surface area (Å²) in [6.07, 6.45) is 1.89. The van der Waals surface area contributed by atoms with Crippen molar-refractivity contribution in [2.45, 2.75) is 26.0 Å². The Balaban J connectivity index is 2.42. The van der Waals surface area contributed by atoms with Crippen molar-refractivity contribution in [2.24, 2.45) is 0 Å². The molecule has 1 atom stereocenters. The summed E-state index contributed by atoms with van der Waals surface area (Å²) in [6, 6.07) is 7.33. The summed E-state index contributed by atoms with van der Waals surface area (Å²) in [5.41, 5.74) is 7.93. The van der Waals surface area contributed by atoms with Crippen molar-refractivity contribution in [3.63, 3.8) is 0 Å². The van der Waals surface area contributed by atoms with Crippen LogP contribution in [0.2, 0.25) is 0 Å². The molecule has 0 aliphatic heterocycles. The van der Waals surface area contributed by atoms with E-state index in [1.165, 1.54) is 0 Å². The van der Waals surface area contributed by atoms with Crippen molar-refractivity contribution >= 4 is 21.6 Å². The number of anilines is 1. The summed E-state index contributed by atoms with van der Waals surface area (Å²) in [5.74, 6) is 0. The average Bonchev–Trinajstić information content (AvgIpc) is 2.71. The molecule has 0 aliphatic carbocycles. The van der Waals surface area contributed by atoms with Crippen molar-refractivity contribution < 1.29 is 5.11 Å². The van der Waals surface area contributed by atoms with Gasteiger partial charge in [0.2, 0.25) is 0 Å². The van der Waals surface area contributed by atoms with Crippen LogP contribution < -0.4 is 5.73 Å². The molecule has 1 heterocycles. The lowest BCUT2D eigenvalue weighted by molar-refractivity contribution is 0.207. The molecule has 0 amide bonds. The van der Waals surface area contributed by atoms with E-state index in [0.29, 0.717) is 11.3 Å². The Kier molecular flexibility index (Phi) is 4.04. The minimum absolute atomic E-state index is 0.584. The molecule has 4 nitrogen and oxygen atoms in total. The zero-order valence-corrected chi connectivity index (χ0v) is 11.8. The molecule has 18 heavy (non-hydrogen) atoms. The summed E-state index contributed by atoms with van der Waals surface area (Å²) in [6.45, 7) is 2.84. The molecule has 0 saturated heterocycles. The van der Waals surface area contributed by atoms with Crippen LogP contribution in [0, 0.1) is 0 Å². The van der Waals surface area contributed by atoms with E-state index in [0.717, 1.165) is 23.1 Å². The van der Waals surface area contributed by atoms with Crippen LogP contribution in [0.1, 0.15) is 30.7 Å². The Bertz CT molecular complexity index is 539. The van der Waals surface area contributed by atoms with Crippen molar-refractivity contribution in [3.8, 4) is 0 Å². The second-order valence-electron chi connectivity index (χ2n) is 4.13. The molecule has 1 aromatic carbocycles. The molecule has 2 aromatic rings. The van der Waals surface area contributed by atoms with Crippen molar-refractivity contribution in [1.29, 1.82) is 0 Å². The van der Waals surface area contributed by atoms with E-state index in [4.69, 9.17) is 5.73 Å². The number of hydrogen-bond donors (Lipinski definition) is 2. The van der Waals surface area contributed by atoms with E-state index in [1.54, 1.807) is 16.9 Å². The predicted molar refractivity (Wildman–Crippen MR) is 75.1 cm³/mol. The summed E-state index contributed by atoms with van der Waals surface area (Å²) in [7, 11) is 0. The fourth-order valence-electron chi connectivity index (χ4n) is 1.94. The van der Waals surface area contributed by atoms with Gasteiger partial charge in [-0.05, 0) is 28.4 Å². The molecule has 1 aromatic heterocycles. The number of halogens is 1. The number of nitrogens with zero attached hydrogens (tertiary/aromatic N) is 2. The van der Waals surface area contributed by atoms with Crippen LogP contribution in [0.4, 0.5) is 5.69 Å². The number of aryl methyl sites for hydroxylation is 1. The summed E-state index contributed by atoms with van der Waals surface area (Å²) in [4.78, 5) is 0. The Morgan fingerprint density at radius 2 is 2.17 bits per heavy atom. The van der Waals surface area contributed by atoms with Crippen LogP contribution in [-0.4, -0.2) is 14.9 Å². The Morgan fingerprint density at radius 3 is 2.83 bits per heavy atom. The lowest BCUT2D eigenvalue weighted by atomic mass is 10.0. The average molecular weight is 310 g/mol. The fraction of sp³-hybridized carbons (Fsp3) is 0.308. The van der Waals surface area contributed by atoms with Gasteiger partial charge in [0.1, 0.15) is 6.10 Å². The molecule has 0 bridgehead atoms. The predicted octanol–water partition coefficient (Wildman–Crippen LogP) is 2.72. The highest BCUT2D eigenvalue weighted by molar-refractivity contribution is 9.10. The SMILES string of the molecule is CCCn1ncc(Br)c1C(O)c1ccccc1N. The van der Waals surface area contributed by atoms with Crippen molar-refractivity contribution in [1.82, 2.24) is 9.78 Å². The summed E-state index contributed by atoms with van der Waals surface area (Å²) in [5, 5.41) is 14.7. The topological polar surface area (TPSA) is 64.1 Å². The van der Waals surface area contributed by atoms with Gasteiger partial charge in [-0.2, -0.15) is 5.10 Å². The first-order valence-electron chi connectivity index (χ1n) is 5.88. The molecule has 2 rings (SSSR count). The number of aliphatic hydroxyl groups excluding tert-OH is 1. The molecule has 3 N–H and O–H groups in total. The molecular weight excluding hydrogens is 294 g/mol. The highest BCUT2D eigenvalue weighted by Gasteiger charge is 2.20. The van der Waals surface area contributed by atoms with Gasteiger partial charge in [0.25, 0.3) is 0 Å². The first-order chi connectivity index (χ1) is 8.65. The first-order valence-corrected chi connectivity index (χ1v) is 6.68. The van der Waals surface area contributed by atoms with Crippen LogP contribution in [0.3, 0.4) is 0 Å². The number of nitrogens with two attached hydrogens (primary N) is 1. The van der Waals surface area contributed by atoms with E-state index >= 15 is 0 Å². The Morgan fingerprint density at radius 1 is 1.44 bits per heavy atom. The molecular formula is C13H16BrN3O. The first kappa shape index (κ1) is 13.1. The van der Waals surface area contributed by atoms with Gasteiger partial charge in [-0.1, -0.05) is 25.1 Å². The van der Waals surface area contributed by atoms with Crippen LogP contribution in [0.15, 0.2) is 34.9 Å². The summed E-state index contributed by atoms with van der Waals surface area (Å²) >= 11 is 3.43. The third kappa shape index (κ3) is 2.42. The maximum Gasteiger partial charge on any atom is 0.124 e. The number of hydrogen-bond acceptors (Lipinski definition) is 3. The minimum atomic E-state index is -0.769. The van der Waals surface area contributed by atoms with E-state index in [2.05, 4.69) is 28.0 Å². The largest absolute Gasteiger partial charge is 0.398 e. The number of aromatic nitrogens is 2. The minimum Gasteiger partial charge on any atom is -0.398 e. The standard InChI is InChI=1S/C13H16BrN3O/c1-2-7-17-12(10(14)8-16-17)13(18)9-5-3-4-6-11(9)15/h3-6,8,13,18H,2,7,15H2,1H3. The van der Waals surface area contributed by atoms with Gasteiger partial charge in [0.05, 0.1) is 16.4 Å². The number of rotatable bonds is 4. The highest BCUT2D eigenvalue weighted by Crippen LogP contribution is 2.31. The van der Waals surface area contributed by atoms with E-state index in [1.807, 2.05) is 18.2 Å². The lowest BCUT2D eigenvalue weighted by Gasteiger charge is -2.16. The van der Waals surface area contributed by atoms with Crippen LogP contribution in [0.25, 0.3) is 0 Å². The molecule has 0 spiro atoms. The molecule has 1 unspecified atom stereocenters. The van der Waals surface area contributed by atoms with Crippen molar-refractivity contribution in [3.05, 3.63) is 46.2 Å². The van der Waals surface area contributed by atoms with Gasteiger partial charge in [-0.15, -0.1) is 0 Å². The Hall–Kier alpha value is -1.33. The molecule has 0 fully saturated rings. The summed E-state index contributed by atoms with van der Waals surface area (Å²) < 4.78 is 2.60. The van der Waals surface area contributed by atoms with Crippen LogP contribution in [0.5, 0.6) is 0 Å². The van der Waals surface area contributed by atoms with Gasteiger partial charge in [-0.3, -0.25) is 4.68 Å². The van der Waals surface area contributed by atoms with Gasteiger partial charge in [-0.25, -0.2) is 0 Å². The third-order valence-corrected chi connectivity index (χ3v) is 3.43. The van der Waals surface area contributed by atoms with Gasteiger partial charge < -0.3 is 10.8 Å².